The van der Waals surface area contributed by atoms with Gasteiger partial charge in [-0.1, -0.05) is 13.0 Å². The van der Waals surface area contributed by atoms with E-state index in [1.165, 1.54) is 0 Å². The monoisotopic (exact) mass is 236 g/mol. The van der Waals surface area contributed by atoms with Crippen molar-refractivity contribution in [3.05, 3.63) is 12.7 Å². The van der Waals surface area contributed by atoms with Crippen LogP contribution in [0.15, 0.2) is 12.7 Å². The molecular formula is C11H16N4O2. The Morgan fingerprint density at radius 2 is 1.76 bits per heavy atom. The fraction of sp³-hybridized carbons (Fsp3) is 0.636. The van der Waals surface area contributed by atoms with E-state index in [9.17, 15) is 9.59 Å². The molecule has 1 aliphatic carbocycles. The quantitative estimate of drug-likeness (QED) is 0.523. The zero-order valence-corrected chi connectivity index (χ0v) is 9.72. The van der Waals surface area contributed by atoms with E-state index in [1.54, 1.807) is 0 Å². The van der Waals surface area contributed by atoms with Crippen molar-refractivity contribution in [2.45, 2.75) is 37.5 Å². The summed E-state index contributed by atoms with van der Waals surface area (Å²) in [7, 11) is 0. The van der Waals surface area contributed by atoms with E-state index in [0.717, 1.165) is 19.3 Å². The molecule has 3 fully saturated rings. The number of allylic oxidation sites excluding steroid dienone is 1. The molecule has 6 nitrogen and oxygen atoms in total. The number of carbonyl (C=O) groups excluding carboxylic acids is 2. The Morgan fingerprint density at radius 1 is 1.18 bits per heavy atom. The second kappa shape index (κ2) is 2.75. The molecule has 6 heteroatoms. The summed E-state index contributed by atoms with van der Waals surface area (Å²) in [5.74, 6) is 0. The second-order valence-corrected chi connectivity index (χ2v) is 5.37. The summed E-state index contributed by atoms with van der Waals surface area (Å²) in [5, 5.41) is 11.5. The van der Waals surface area contributed by atoms with Crippen LogP contribution in [0.3, 0.4) is 0 Å². The highest BCUT2D eigenvalue weighted by atomic mass is 16.2. The van der Waals surface area contributed by atoms with Gasteiger partial charge >= 0.3 is 12.1 Å². The molecule has 2 aliphatic heterocycles. The van der Waals surface area contributed by atoms with Crippen LogP contribution in [-0.2, 0) is 0 Å². The van der Waals surface area contributed by atoms with Crippen LogP contribution in [0.4, 0.5) is 9.59 Å². The predicted molar refractivity (Wildman–Crippen MR) is 61.0 cm³/mol. The Bertz CT molecular complexity index is 413. The minimum absolute atomic E-state index is 0.229. The van der Waals surface area contributed by atoms with Gasteiger partial charge in [0.25, 0.3) is 0 Å². The fourth-order valence-electron chi connectivity index (χ4n) is 3.61. The van der Waals surface area contributed by atoms with Gasteiger partial charge in [-0.05, 0) is 19.3 Å². The second-order valence-electron chi connectivity index (χ2n) is 5.37. The summed E-state index contributed by atoms with van der Waals surface area (Å²) in [6.45, 7) is 5.83. The maximum absolute atomic E-state index is 11.6. The topological polar surface area (TPSA) is 82.3 Å². The van der Waals surface area contributed by atoms with Gasteiger partial charge in [0.1, 0.15) is 0 Å². The number of urea groups is 2. The molecule has 0 aromatic heterocycles. The first kappa shape index (κ1) is 10.4. The van der Waals surface area contributed by atoms with Crippen molar-refractivity contribution in [2.75, 3.05) is 0 Å². The van der Waals surface area contributed by atoms with E-state index in [1.807, 2.05) is 6.08 Å². The lowest BCUT2D eigenvalue weighted by Gasteiger charge is -2.41. The van der Waals surface area contributed by atoms with Crippen molar-refractivity contribution >= 4 is 12.1 Å². The predicted octanol–water partition coefficient (Wildman–Crippen LogP) is 0.381. The largest absolute Gasteiger partial charge is 0.318 e. The first-order valence-electron chi connectivity index (χ1n) is 5.79. The van der Waals surface area contributed by atoms with Gasteiger partial charge in [-0.3, -0.25) is 0 Å². The lowest BCUT2D eigenvalue weighted by atomic mass is 9.75. The van der Waals surface area contributed by atoms with Crippen molar-refractivity contribution in [1.82, 2.24) is 21.3 Å². The summed E-state index contributed by atoms with van der Waals surface area (Å²) in [6, 6.07) is -0.486. The van der Waals surface area contributed by atoms with Gasteiger partial charge in [0.05, 0.1) is 0 Å². The number of hydrogen-bond donors (Lipinski definition) is 4. The Morgan fingerprint density at radius 3 is 2.29 bits per heavy atom. The van der Waals surface area contributed by atoms with Gasteiger partial charge in [0.15, 0.2) is 11.3 Å². The molecule has 4 N–H and O–H groups in total. The normalized spacial score (nSPS) is 46.4. The van der Waals surface area contributed by atoms with Crippen LogP contribution < -0.4 is 21.3 Å². The van der Waals surface area contributed by atoms with Crippen LogP contribution in [0, 0.1) is 5.41 Å². The Balaban J connectivity index is 2.11. The molecule has 92 valence electrons. The first-order chi connectivity index (χ1) is 7.97. The third-order valence-corrected chi connectivity index (χ3v) is 4.45. The average molecular weight is 236 g/mol. The molecule has 3 rings (SSSR count). The van der Waals surface area contributed by atoms with E-state index in [2.05, 4.69) is 34.8 Å². The molecule has 1 unspecified atom stereocenters. The molecule has 1 atom stereocenters. The van der Waals surface area contributed by atoms with E-state index < -0.39 is 11.3 Å². The Labute approximate surface area is 99.2 Å². The summed E-state index contributed by atoms with van der Waals surface area (Å²) < 4.78 is 0. The zero-order chi connectivity index (χ0) is 12.3. The van der Waals surface area contributed by atoms with Crippen molar-refractivity contribution in [2.24, 2.45) is 5.41 Å². The van der Waals surface area contributed by atoms with Crippen LogP contribution in [0.5, 0.6) is 0 Å². The molecule has 2 heterocycles. The molecule has 17 heavy (non-hydrogen) atoms. The molecule has 0 radical (unpaired) electrons. The number of hydrogen-bond acceptors (Lipinski definition) is 2. The minimum atomic E-state index is -0.748. The van der Waals surface area contributed by atoms with Gasteiger partial charge in [-0.2, -0.15) is 0 Å². The summed E-state index contributed by atoms with van der Waals surface area (Å²) in [4.78, 5) is 23.2. The van der Waals surface area contributed by atoms with E-state index in [0.29, 0.717) is 0 Å². The van der Waals surface area contributed by atoms with Gasteiger partial charge in [0.2, 0.25) is 0 Å². The molecular weight excluding hydrogens is 220 g/mol. The third kappa shape index (κ3) is 0.963. The van der Waals surface area contributed by atoms with Crippen LogP contribution in [0.25, 0.3) is 0 Å². The molecule has 4 amide bonds. The summed E-state index contributed by atoms with van der Waals surface area (Å²) in [5.41, 5.74) is -1.67. The van der Waals surface area contributed by atoms with Gasteiger partial charge in [-0.25, -0.2) is 9.59 Å². The maximum atomic E-state index is 11.6. The van der Waals surface area contributed by atoms with E-state index in [-0.39, 0.29) is 17.5 Å². The van der Waals surface area contributed by atoms with Crippen molar-refractivity contribution < 1.29 is 9.59 Å². The molecule has 2 saturated heterocycles. The summed E-state index contributed by atoms with van der Waals surface area (Å²) >= 11 is 0. The van der Waals surface area contributed by atoms with E-state index >= 15 is 0 Å². The minimum Gasteiger partial charge on any atom is -0.311 e. The highest BCUT2D eigenvalue weighted by molar-refractivity contribution is 5.89. The van der Waals surface area contributed by atoms with Gasteiger partial charge in [0, 0.05) is 5.41 Å². The Hall–Kier alpha value is -1.72. The SMILES string of the molecule is C=CCC1(C)CCC23NC(=O)NC12NC(=O)N3. The van der Waals surface area contributed by atoms with Gasteiger partial charge < -0.3 is 21.3 Å². The number of nitrogens with one attached hydrogen (secondary N) is 4. The first-order valence-corrected chi connectivity index (χ1v) is 5.79. The van der Waals surface area contributed by atoms with Gasteiger partial charge in [-0.15, -0.1) is 6.58 Å². The van der Waals surface area contributed by atoms with Crippen molar-refractivity contribution in [1.29, 1.82) is 0 Å². The smallest absolute Gasteiger partial charge is 0.311 e. The molecule has 0 spiro atoms. The molecule has 0 bridgehead atoms. The number of rotatable bonds is 2. The molecule has 3 aliphatic rings. The Kier molecular flexibility index (Phi) is 1.69. The number of amides is 4. The van der Waals surface area contributed by atoms with Crippen LogP contribution in [-0.4, -0.2) is 23.4 Å². The van der Waals surface area contributed by atoms with Crippen molar-refractivity contribution in [3.63, 3.8) is 0 Å². The standard InChI is InChI=1S/C11H16N4O2/c1-3-4-9(2)5-6-10-11(9,14-7(16)12-10)15-8(17)13-10/h3H,1,4-6H2,2H3,(H2,12,14,16)(H2,13,15,17). The van der Waals surface area contributed by atoms with Crippen molar-refractivity contribution in [3.8, 4) is 0 Å². The van der Waals surface area contributed by atoms with Crippen LogP contribution in [0.2, 0.25) is 0 Å². The third-order valence-electron chi connectivity index (χ3n) is 4.45. The molecule has 1 saturated carbocycles. The summed E-state index contributed by atoms with van der Waals surface area (Å²) in [6.07, 6.45) is 4.19. The average Bonchev–Trinajstić information content (AvgIpc) is 2.70. The van der Waals surface area contributed by atoms with E-state index in [4.69, 9.17) is 0 Å². The highest BCUT2D eigenvalue weighted by Gasteiger charge is 2.74. The molecule has 0 aromatic rings. The lowest BCUT2D eigenvalue weighted by molar-refractivity contribution is 0.111. The lowest BCUT2D eigenvalue weighted by Crippen LogP contribution is -2.68. The van der Waals surface area contributed by atoms with Crippen LogP contribution in [0.1, 0.15) is 26.2 Å². The molecule has 0 aromatic carbocycles. The fourth-order valence-corrected chi connectivity index (χ4v) is 3.61. The van der Waals surface area contributed by atoms with Crippen LogP contribution >= 0.6 is 0 Å². The highest BCUT2D eigenvalue weighted by Crippen LogP contribution is 2.55. The zero-order valence-electron chi connectivity index (χ0n) is 9.72. The number of carbonyl (C=O) groups is 2. The maximum Gasteiger partial charge on any atom is 0.318 e.